The van der Waals surface area contributed by atoms with Crippen molar-refractivity contribution in [1.29, 1.82) is 0 Å². The molecule has 0 aliphatic rings. The molecule has 0 heterocycles. The summed E-state index contributed by atoms with van der Waals surface area (Å²) in [4.78, 5) is 0. The Labute approximate surface area is 95.0 Å². The monoisotopic (exact) mass is 210 g/mol. The number of nitrogens with two attached hydrogens (primary N) is 1. The first-order valence-electron chi connectivity index (χ1n) is 5.60. The Bertz CT molecular complexity index is 218. The van der Waals surface area contributed by atoms with Crippen LogP contribution in [-0.4, -0.2) is 18.1 Å². The van der Waals surface area contributed by atoms with E-state index < -0.39 is 0 Å². The zero-order valence-corrected chi connectivity index (χ0v) is 10.9. The summed E-state index contributed by atoms with van der Waals surface area (Å²) in [5, 5.41) is 3.31. The molecule has 0 spiro atoms. The molecule has 15 heavy (non-hydrogen) atoms. The normalized spacial score (nSPS) is 14.7. The van der Waals surface area contributed by atoms with Crippen molar-refractivity contribution in [3.63, 3.8) is 0 Å². The number of hydrogen-bond acceptors (Lipinski definition) is 2. The smallest absolute Gasteiger partial charge is 0.0577 e. The third-order valence-electron chi connectivity index (χ3n) is 2.32. The van der Waals surface area contributed by atoms with E-state index in [1.807, 2.05) is 0 Å². The summed E-state index contributed by atoms with van der Waals surface area (Å²) in [5.74, 6) is 2.59. The lowest BCUT2D eigenvalue weighted by Crippen LogP contribution is -2.45. The maximum atomic E-state index is 6.13. The van der Waals surface area contributed by atoms with Crippen molar-refractivity contribution in [2.45, 2.75) is 59.0 Å². The highest BCUT2D eigenvalue weighted by atomic mass is 15.0. The summed E-state index contributed by atoms with van der Waals surface area (Å²) < 4.78 is 0. The van der Waals surface area contributed by atoms with Crippen LogP contribution >= 0.6 is 0 Å². The summed E-state index contributed by atoms with van der Waals surface area (Å²) in [5.41, 5.74) is 6.44. The molecule has 0 aromatic carbocycles. The molecular weight excluding hydrogens is 184 g/mol. The van der Waals surface area contributed by atoms with Gasteiger partial charge in [-0.3, -0.25) is 0 Å². The van der Waals surface area contributed by atoms with Crippen molar-refractivity contribution in [1.82, 2.24) is 5.32 Å². The molecule has 3 N–H and O–H groups in total. The van der Waals surface area contributed by atoms with E-state index in [1.165, 1.54) is 0 Å². The fourth-order valence-electron chi connectivity index (χ4n) is 1.88. The van der Waals surface area contributed by atoms with Crippen LogP contribution < -0.4 is 11.1 Å². The second kappa shape index (κ2) is 5.53. The van der Waals surface area contributed by atoms with Crippen LogP contribution in [0.5, 0.6) is 0 Å². The molecule has 0 rings (SSSR count). The summed E-state index contributed by atoms with van der Waals surface area (Å²) >= 11 is 0. The van der Waals surface area contributed by atoms with E-state index in [4.69, 9.17) is 12.2 Å². The minimum absolute atomic E-state index is 0.0248. The lowest BCUT2D eigenvalue weighted by Gasteiger charge is -2.31. The zero-order chi connectivity index (χ0) is 12.1. The highest BCUT2D eigenvalue weighted by molar-refractivity contribution is 4.92. The second-order valence-corrected chi connectivity index (χ2v) is 6.17. The van der Waals surface area contributed by atoms with Crippen LogP contribution in [0.3, 0.4) is 0 Å². The fourth-order valence-corrected chi connectivity index (χ4v) is 1.88. The van der Waals surface area contributed by atoms with Gasteiger partial charge in [0, 0.05) is 11.6 Å². The van der Waals surface area contributed by atoms with Crippen LogP contribution in [0.4, 0.5) is 0 Å². The van der Waals surface area contributed by atoms with Crippen molar-refractivity contribution in [2.24, 2.45) is 11.1 Å². The van der Waals surface area contributed by atoms with Crippen molar-refractivity contribution < 1.29 is 0 Å². The molecule has 2 heteroatoms. The Morgan fingerprint density at radius 1 is 1.20 bits per heavy atom. The van der Waals surface area contributed by atoms with E-state index in [1.54, 1.807) is 0 Å². The van der Waals surface area contributed by atoms with E-state index in [0.29, 0.717) is 12.0 Å². The average molecular weight is 210 g/mol. The van der Waals surface area contributed by atoms with Crippen LogP contribution in [0.15, 0.2) is 0 Å². The molecule has 1 atom stereocenters. The minimum Gasteiger partial charge on any atom is -0.328 e. The van der Waals surface area contributed by atoms with Gasteiger partial charge in [-0.1, -0.05) is 26.7 Å². The van der Waals surface area contributed by atoms with Gasteiger partial charge in [0.1, 0.15) is 0 Å². The largest absolute Gasteiger partial charge is 0.328 e. The zero-order valence-electron chi connectivity index (χ0n) is 10.9. The molecule has 0 radical (unpaired) electrons. The third-order valence-corrected chi connectivity index (χ3v) is 2.32. The van der Waals surface area contributed by atoms with Gasteiger partial charge in [-0.2, -0.15) is 0 Å². The first-order chi connectivity index (χ1) is 6.66. The van der Waals surface area contributed by atoms with Crippen molar-refractivity contribution in [3.8, 4) is 12.3 Å². The third kappa shape index (κ3) is 8.47. The fraction of sp³-hybridized carbons (Fsp3) is 0.846. The summed E-state index contributed by atoms with van der Waals surface area (Å²) in [7, 11) is 0. The summed E-state index contributed by atoms with van der Waals surface area (Å²) in [6, 6.07) is 0.227. The van der Waals surface area contributed by atoms with Crippen LogP contribution in [0, 0.1) is 17.8 Å². The molecule has 0 aromatic rings. The molecule has 0 aliphatic heterocycles. The average Bonchev–Trinajstić information content (AvgIpc) is 1.95. The van der Waals surface area contributed by atoms with Gasteiger partial charge in [-0.25, -0.2) is 0 Å². The lowest BCUT2D eigenvalue weighted by molar-refractivity contribution is 0.279. The maximum Gasteiger partial charge on any atom is 0.0577 e. The van der Waals surface area contributed by atoms with Gasteiger partial charge in [0.25, 0.3) is 0 Å². The molecule has 0 saturated carbocycles. The predicted octanol–water partition coefficient (Wildman–Crippen LogP) is 2.14. The van der Waals surface area contributed by atoms with Crippen molar-refractivity contribution in [3.05, 3.63) is 0 Å². The summed E-state index contributed by atoms with van der Waals surface area (Å²) in [6.45, 7) is 11.5. The molecule has 0 fully saturated rings. The van der Waals surface area contributed by atoms with Gasteiger partial charge < -0.3 is 11.1 Å². The first kappa shape index (κ1) is 14.5. The van der Waals surface area contributed by atoms with Gasteiger partial charge >= 0.3 is 0 Å². The molecule has 0 saturated heterocycles. The molecule has 1 unspecified atom stereocenters. The Kier molecular flexibility index (Phi) is 5.34. The molecule has 0 aromatic heterocycles. The SMILES string of the molecule is C#CCNC(C)(C)CC(N)CC(C)(C)C. The lowest BCUT2D eigenvalue weighted by atomic mass is 9.83. The minimum atomic E-state index is 0.0248. The van der Waals surface area contributed by atoms with Crippen LogP contribution in [0.1, 0.15) is 47.5 Å². The van der Waals surface area contributed by atoms with Crippen molar-refractivity contribution >= 4 is 0 Å². The highest BCUT2D eigenvalue weighted by Gasteiger charge is 2.23. The van der Waals surface area contributed by atoms with Gasteiger partial charge in [0.2, 0.25) is 0 Å². The highest BCUT2D eigenvalue weighted by Crippen LogP contribution is 2.23. The standard InChI is InChI=1S/C13H26N2/c1-7-8-15-13(5,6)10-11(14)9-12(2,3)4/h1,11,15H,8-10,14H2,2-6H3. The second-order valence-electron chi connectivity index (χ2n) is 6.17. The van der Waals surface area contributed by atoms with Gasteiger partial charge in [0.15, 0.2) is 0 Å². The van der Waals surface area contributed by atoms with E-state index in [2.05, 4.69) is 45.9 Å². The molecule has 0 amide bonds. The molecular formula is C13H26N2. The maximum absolute atomic E-state index is 6.13. The van der Waals surface area contributed by atoms with Crippen LogP contribution in [0.2, 0.25) is 0 Å². The van der Waals surface area contributed by atoms with E-state index in [0.717, 1.165) is 12.8 Å². The Morgan fingerprint density at radius 2 is 1.73 bits per heavy atom. The number of hydrogen-bond donors (Lipinski definition) is 2. The number of rotatable bonds is 5. The number of nitrogens with one attached hydrogen (secondary N) is 1. The molecule has 2 nitrogen and oxygen atoms in total. The summed E-state index contributed by atoms with van der Waals surface area (Å²) in [6.07, 6.45) is 7.21. The Balaban J connectivity index is 4.05. The topological polar surface area (TPSA) is 38.0 Å². The van der Waals surface area contributed by atoms with Crippen molar-refractivity contribution in [2.75, 3.05) is 6.54 Å². The number of terminal acetylenes is 1. The Morgan fingerprint density at radius 3 is 2.13 bits per heavy atom. The van der Waals surface area contributed by atoms with Gasteiger partial charge in [-0.05, 0) is 32.1 Å². The molecule has 0 aliphatic carbocycles. The van der Waals surface area contributed by atoms with Gasteiger partial charge in [-0.15, -0.1) is 6.42 Å². The van der Waals surface area contributed by atoms with E-state index in [9.17, 15) is 0 Å². The van der Waals surface area contributed by atoms with Crippen LogP contribution in [-0.2, 0) is 0 Å². The predicted molar refractivity (Wildman–Crippen MR) is 67.6 cm³/mol. The molecule has 88 valence electrons. The van der Waals surface area contributed by atoms with Crippen LogP contribution in [0.25, 0.3) is 0 Å². The first-order valence-corrected chi connectivity index (χ1v) is 5.60. The van der Waals surface area contributed by atoms with E-state index in [-0.39, 0.29) is 11.6 Å². The quantitative estimate of drug-likeness (QED) is 0.682. The van der Waals surface area contributed by atoms with Gasteiger partial charge in [0.05, 0.1) is 6.54 Å². The Hall–Kier alpha value is -0.520. The van der Waals surface area contributed by atoms with E-state index >= 15 is 0 Å². The molecule has 0 bridgehead atoms.